The van der Waals surface area contributed by atoms with E-state index in [0.29, 0.717) is 21.4 Å². The van der Waals surface area contributed by atoms with Gasteiger partial charge in [0.15, 0.2) is 11.5 Å². The normalized spacial score (nSPS) is 12.9. The summed E-state index contributed by atoms with van der Waals surface area (Å²) in [5.74, 6) is -7.95. The summed E-state index contributed by atoms with van der Waals surface area (Å²) in [5.41, 5.74) is -4.65. The Hall–Kier alpha value is -6.98. The topological polar surface area (TPSA) is 195 Å². The van der Waals surface area contributed by atoms with Crippen molar-refractivity contribution < 1.29 is 61.1 Å². The Kier molecular flexibility index (Phi) is 13.6. The van der Waals surface area contributed by atoms with Crippen molar-refractivity contribution in [3.63, 3.8) is 0 Å². The van der Waals surface area contributed by atoms with Gasteiger partial charge in [-0.1, -0.05) is 23.7 Å². The highest BCUT2D eigenvalue weighted by atomic mass is 35.5. The molecular formula is C43H33ClF9N9O6S2. The number of nitrogens with zero attached hydrogens (tertiary/aromatic N) is 8. The average Bonchev–Trinajstić information content (AvgIpc) is 3.82. The van der Waals surface area contributed by atoms with Gasteiger partial charge in [0.05, 0.1) is 55.6 Å². The van der Waals surface area contributed by atoms with Crippen LogP contribution in [0.15, 0.2) is 77.6 Å². The number of aryl methyl sites for hydroxylation is 1. The number of anilines is 1. The number of halogens is 10. The van der Waals surface area contributed by atoms with E-state index in [1.54, 1.807) is 6.07 Å². The molecule has 3 aromatic heterocycles. The molecule has 0 saturated heterocycles. The van der Waals surface area contributed by atoms with Crippen molar-refractivity contribution >= 4 is 65.2 Å². The Bertz CT molecular complexity index is 3540. The lowest BCUT2D eigenvalue weighted by molar-refractivity contribution is -0.142. The third-order valence-electron chi connectivity index (χ3n) is 10.7. The molecule has 0 fully saturated rings. The molecule has 0 unspecified atom stereocenters. The van der Waals surface area contributed by atoms with Crippen LogP contribution in [0.4, 0.5) is 45.3 Å². The van der Waals surface area contributed by atoms with E-state index < -0.39 is 137 Å². The van der Waals surface area contributed by atoms with Crippen molar-refractivity contribution in [2.24, 2.45) is 0 Å². The highest BCUT2D eigenvalue weighted by Gasteiger charge is 2.40. The van der Waals surface area contributed by atoms with E-state index in [0.717, 1.165) is 50.2 Å². The van der Waals surface area contributed by atoms with Crippen LogP contribution in [-0.4, -0.2) is 69.5 Å². The number of carbonyl (C=O) groups excluding carboxylic acids is 1. The fraction of sp³-hybridized carbons (Fsp3) is 0.256. The van der Waals surface area contributed by atoms with Crippen molar-refractivity contribution in [2.45, 2.75) is 58.7 Å². The highest BCUT2D eigenvalue weighted by molar-refractivity contribution is 8.10. The Morgan fingerprint density at radius 2 is 1.49 bits per heavy atom. The van der Waals surface area contributed by atoms with Gasteiger partial charge in [-0.15, -0.1) is 3.71 Å². The molecule has 0 spiro atoms. The van der Waals surface area contributed by atoms with Gasteiger partial charge in [0, 0.05) is 18.2 Å². The summed E-state index contributed by atoms with van der Waals surface area (Å²) >= 11 is 6.60. The minimum Gasteiger partial charge on any atom is -0.344 e. The van der Waals surface area contributed by atoms with Crippen molar-refractivity contribution in [1.82, 2.24) is 34.4 Å². The summed E-state index contributed by atoms with van der Waals surface area (Å²) in [7, 11) is -9.90. The second-order valence-electron chi connectivity index (χ2n) is 15.5. The van der Waals surface area contributed by atoms with Gasteiger partial charge in [-0.2, -0.15) is 41.8 Å². The molecule has 0 aliphatic heterocycles. The van der Waals surface area contributed by atoms with Gasteiger partial charge in [-0.25, -0.2) is 35.0 Å². The number of hydrogen-bond donors (Lipinski definition) is 1. The largest absolute Gasteiger partial charge is 0.435 e. The number of aromatic nitrogens is 6. The number of rotatable bonds is 14. The Labute approximate surface area is 395 Å². The Balaban J connectivity index is 1.59. The number of nitriles is 1. The van der Waals surface area contributed by atoms with Crippen LogP contribution in [0.2, 0.25) is 5.02 Å². The van der Waals surface area contributed by atoms with Crippen molar-refractivity contribution in [2.75, 3.05) is 15.2 Å². The van der Waals surface area contributed by atoms with E-state index in [4.69, 9.17) is 11.6 Å². The molecule has 70 heavy (non-hydrogen) atoms. The summed E-state index contributed by atoms with van der Waals surface area (Å²) in [4.78, 5) is 33.8. The predicted molar refractivity (Wildman–Crippen MR) is 236 cm³/mol. The molecule has 0 radical (unpaired) electrons. The average molecular weight is 1040 g/mol. The predicted octanol–water partition coefficient (Wildman–Crippen LogP) is 8.04. The van der Waals surface area contributed by atoms with Crippen molar-refractivity contribution in [3.8, 4) is 22.9 Å². The monoisotopic (exact) mass is 1040 g/mol. The van der Waals surface area contributed by atoms with Gasteiger partial charge < -0.3 is 5.32 Å². The number of alkyl halides is 6. The zero-order chi connectivity index (χ0) is 51.4. The second-order valence-corrected chi connectivity index (χ2v) is 20.3. The van der Waals surface area contributed by atoms with Crippen LogP contribution in [0.3, 0.4) is 0 Å². The number of carbonyl (C=O) groups is 1. The first-order valence-electron chi connectivity index (χ1n) is 20.3. The molecule has 4 aromatic carbocycles. The van der Waals surface area contributed by atoms with Gasteiger partial charge >= 0.3 is 12.4 Å². The van der Waals surface area contributed by atoms with Gasteiger partial charge in [0.1, 0.15) is 42.4 Å². The van der Waals surface area contributed by atoms with Crippen molar-refractivity contribution in [3.05, 3.63) is 134 Å². The first-order valence-corrected chi connectivity index (χ1v) is 23.9. The maximum atomic E-state index is 15.2. The fourth-order valence-electron chi connectivity index (χ4n) is 7.50. The molecular weight excluding hydrogens is 1010 g/mol. The molecule has 0 bridgehead atoms. The standard InChI is InChI=1S/C43H33ClF9N9O6S2/c1-4-69(65,66)62(70(67,68)5-2)40-37-30(44)10-11-34(38(37)60(58-40)21-42(48,49)50)61-39(56-32-17-25(8-9-29(32)41(61)64)24-6-7-26(19-54)31(47)16-24)33(15-23-13-27(45)18-28(46)14-23)55-36(63)20-59-22(3)12-35(57-59)43(51,52)53/h6-14,16-18,33H,4-5,15,20-21H2,1-3H3,(H,55,63)/t33-/m0/s1. The summed E-state index contributed by atoms with van der Waals surface area (Å²) in [5, 5.41) is 17.4. The molecule has 1 atom stereocenters. The summed E-state index contributed by atoms with van der Waals surface area (Å²) in [6, 6.07) is 11.8. The number of fused-ring (bicyclic) bond motifs is 2. The fourth-order valence-corrected chi connectivity index (χ4v) is 11.0. The Morgan fingerprint density at radius 1 is 0.857 bits per heavy atom. The van der Waals surface area contributed by atoms with E-state index in [-0.39, 0.29) is 47.2 Å². The van der Waals surface area contributed by atoms with Gasteiger partial charge in [-0.3, -0.25) is 23.5 Å². The molecule has 7 rings (SSSR count). The van der Waals surface area contributed by atoms with Crippen LogP contribution in [0.25, 0.3) is 38.6 Å². The zero-order valence-corrected chi connectivity index (χ0v) is 38.6. The summed E-state index contributed by atoms with van der Waals surface area (Å²) in [6.07, 6.45) is -10.9. The lowest BCUT2D eigenvalue weighted by atomic mass is 10.0. The van der Waals surface area contributed by atoms with E-state index in [1.165, 1.54) is 31.2 Å². The SMILES string of the molecule is CCS(=O)(=O)N(c1nn(CC(F)(F)F)c2c(-n3c([C@H](Cc4cc(F)cc(F)c4)NC(=O)Cn4nc(C(F)(F)F)cc4C)nc4cc(-c5ccc(C#N)c(F)c5)ccc4c3=O)ccc(Cl)c12)S(=O)(=O)CC. The van der Waals surface area contributed by atoms with Crippen LogP contribution in [-0.2, 0) is 50.5 Å². The van der Waals surface area contributed by atoms with E-state index in [1.807, 2.05) is 0 Å². The first kappa shape index (κ1) is 50.9. The molecule has 0 aliphatic rings. The van der Waals surface area contributed by atoms with Crippen LogP contribution in [0.5, 0.6) is 0 Å². The van der Waals surface area contributed by atoms with Gasteiger partial charge in [0.2, 0.25) is 26.0 Å². The zero-order valence-electron chi connectivity index (χ0n) is 36.2. The molecule has 368 valence electrons. The minimum atomic E-state index is -5.20. The van der Waals surface area contributed by atoms with Crippen LogP contribution in [0.1, 0.15) is 48.2 Å². The lowest BCUT2D eigenvalue weighted by Gasteiger charge is -2.24. The lowest BCUT2D eigenvalue weighted by Crippen LogP contribution is -2.39. The van der Waals surface area contributed by atoms with Gasteiger partial charge in [0.25, 0.3) is 5.56 Å². The highest BCUT2D eigenvalue weighted by Crippen LogP contribution is 2.40. The summed E-state index contributed by atoms with van der Waals surface area (Å²) < 4.78 is 184. The minimum absolute atomic E-state index is 0.145. The number of nitrogens with one attached hydrogen (secondary N) is 1. The maximum Gasteiger partial charge on any atom is 0.435 e. The number of benzene rings is 4. The molecule has 7 aromatic rings. The molecule has 0 saturated carbocycles. The van der Waals surface area contributed by atoms with Crippen LogP contribution in [0, 0.1) is 35.7 Å². The van der Waals surface area contributed by atoms with E-state index in [2.05, 4.69) is 20.5 Å². The molecule has 3 heterocycles. The molecule has 0 aliphatic carbocycles. The number of sulfonamides is 2. The second kappa shape index (κ2) is 18.7. The van der Waals surface area contributed by atoms with Crippen molar-refractivity contribution in [1.29, 1.82) is 5.26 Å². The van der Waals surface area contributed by atoms with E-state index in [9.17, 15) is 66.4 Å². The molecule has 27 heteroatoms. The van der Waals surface area contributed by atoms with E-state index >= 15 is 4.79 Å². The summed E-state index contributed by atoms with van der Waals surface area (Å²) in [6.45, 7) is 0.276. The third kappa shape index (κ3) is 10.2. The number of hydrogen-bond acceptors (Lipinski definition) is 10. The molecule has 15 nitrogen and oxygen atoms in total. The first-order chi connectivity index (χ1) is 32.7. The quantitative estimate of drug-likeness (QED) is 0.104. The van der Waals surface area contributed by atoms with Crippen LogP contribution < -0.4 is 14.6 Å². The third-order valence-corrected chi connectivity index (χ3v) is 15.2. The molecule has 1 N–H and O–H groups in total. The maximum absolute atomic E-state index is 15.2. The Morgan fingerprint density at radius 3 is 2.06 bits per heavy atom. The molecule has 1 amide bonds. The smallest absolute Gasteiger partial charge is 0.344 e. The van der Waals surface area contributed by atoms with Crippen LogP contribution >= 0.6 is 11.6 Å². The number of amides is 1. The van der Waals surface area contributed by atoms with Gasteiger partial charge in [-0.05, 0) is 92.1 Å².